The molecule has 1 aromatic carbocycles. The van der Waals surface area contributed by atoms with Crippen molar-refractivity contribution in [2.75, 3.05) is 19.7 Å². The van der Waals surface area contributed by atoms with Crippen LogP contribution < -0.4 is 15.7 Å². The van der Waals surface area contributed by atoms with E-state index >= 15 is 0 Å². The smallest absolute Gasteiger partial charge is 0.434 e. The van der Waals surface area contributed by atoms with Gasteiger partial charge in [0.1, 0.15) is 40.6 Å². The van der Waals surface area contributed by atoms with Gasteiger partial charge in [-0.1, -0.05) is 32.1 Å². The molecule has 0 fully saturated rings. The van der Waals surface area contributed by atoms with E-state index in [9.17, 15) is 24.0 Å². The second-order valence-electron chi connectivity index (χ2n) is 20.2. The molecule has 1 aliphatic rings. The second-order valence-corrected chi connectivity index (χ2v) is 20.2. The maximum absolute atomic E-state index is 13.3. The van der Waals surface area contributed by atoms with Crippen LogP contribution in [0.25, 0.3) is 0 Å². The second kappa shape index (κ2) is 24.2. The van der Waals surface area contributed by atoms with Gasteiger partial charge in [-0.25, -0.2) is 14.4 Å². The van der Waals surface area contributed by atoms with Crippen LogP contribution in [-0.4, -0.2) is 104 Å². The van der Waals surface area contributed by atoms with Crippen LogP contribution in [0.4, 0.5) is 14.4 Å². The molecule has 1 atom stereocenters. The quantitative estimate of drug-likeness (QED) is 0.0653. The van der Waals surface area contributed by atoms with Gasteiger partial charge in [0.05, 0.1) is 32.1 Å². The molecule has 0 aliphatic carbocycles. The number of nitrogens with zero attached hydrogens (tertiary/aromatic N) is 6. The number of benzene rings is 1. The van der Waals surface area contributed by atoms with Crippen LogP contribution in [0.3, 0.4) is 0 Å². The first-order valence-electron chi connectivity index (χ1n) is 22.8. The number of hydrogen-bond acceptors (Lipinski definition) is 11. The molecule has 1 aromatic heterocycles. The SMILES string of the molecule is CC(=O)N=c1n(CCCCCCCCCC(CC(=O)OC(C)(C)C)=NC(=O)OC(C)(C)C)ccn1CCOc1ccc(C2=NCC(NC(=O)OC(C)(C)C)CN2C(=O)OC(C)(C)C)cc1. The lowest BCUT2D eigenvalue weighted by Crippen LogP contribution is -2.54. The number of esters is 1. The van der Waals surface area contributed by atoms with Crippen LogP contribution in [0.1, 0.15) is 153 Å². The number of amidine groups is 1. The Hall–Kier alpha value is -5.48. The number of aryl methyl sites for hydroxylation is 1. The molecule has 2 heterocycles. The zero-order chi connectivity index (χ0) is 48.6. The normalized spacial score (nSPS) is 15.2. The fraction of sp³-hybridized carbons (Fsp3) is 0.667. The Balaban J connectivity index is 1.51. The molecule has 1 aliphatic heterocycles. The summed E-state index contributed by atoms with van der Waals surface area (Å²) in [7, 11) is 0. The molecule has 0 spiro atoms. The van der Waals surface area contributed by atoms with Crippen LogP contribution in [-0.2, 0) is 41.6 Å². The molecule has 17 heteroatoms. The molecular formula is C48H75N7O10. The van der Waals surface area contributed by atoms with E-state index < -0.39 is 52.7 Å². The van der Waals surface area contributed by atoms with E-state index in [1.807, 2.05) is 33.7 Å². The third-order valence-corrected chi connectivity index (χ3v) is 9.14. The van der Waals surface area contributed by atoms with Gasteiger partial charge in [-0.3, -0.25) is 19.5 Å². The Morgan fingerprint density at radius 1 is 0.708 bits per heavy atom. The molecule has 0 bridgehead atoms. The highest BCUT2D eigenvalue weighted by Crippen LogP contribution is 2.21. The Bertz CT molecular complexity index is 2040. The summed E-state index contributed by atoms with van der Waals surface area (Å²) in [4.78, 5) is 77.3. The molecule has 0 saturated carbocycles. The molecular weight excluding hydrogens is 835 g/mol. The summed E-state index contributed by atoms with van der Waals surface area (Å²) < 4.78 is 31.9. The fourth-order valence-electron chi connectivity index (χ4n) is 6.61. The minimum atomic E-state index is -0.742. The van der Waals surface area contributed by atoms with E-state index in [1.54, 1.807) is 95.2 Å². The van der Waals surface area contributed by atoms with Gasteiger partial charge in [0.2, 0.25) is 11.5 Å². The van der Waals surface area contributed by atoms with E-state index in [1.165, 1.54) is 11.8 Å². The van der Waals surface area contributed by atoms with Crippen molar-refractivity contribution in [3.63, 3.8) is 0 Å². The summed E-state index contributed by atoms with van der Waals surface area (Å²) >= 11 is 0. The third kappa shape index (κ3) is 21.8. The van der Waals surface area contributed by atoms with Gasteiger partial charge in [0, 0.05) is 37.1 Å². The molecule has 3 rings (SSSR count). The monoisotopic (exact) mass is 910 g/mol. The van der Waals surface area contributed by atoms with Gasteiger partial charge in [-0.2, -0.15) is 9.98 Å². The van der Waals surface area contributed by atoms with Crippen LogP contribution in [0, 0.1) is 0 Å². The van der Waals surface area contributed by atoms with Crippen LogP contribution in [0.15, 0.2) is 51.6 Å². The number of amides is 4. The van der Waals surface area contributed by atoms with E-state index in [0.717, 1.165) is 44.9 Å². The van der Waals surface area contributed by atoms with Crippen molar-refractivity contribution in [1.82, 2.24) is 19.4 Å². The van der Waals surface area contributed by atoms with Crippen molar-refractivity contribution >= 4 is 41.7 Å². The summed E-state index contributed by atoms with van der Waals surface area (Å²) in [6.07, 6.45) is 9.18. The molecule has 1 unspecified atom stereocenters. The Morgan fingerprint density at radius 2 is 1.26 bits per heavy atom. The third-order valence-electron chi connectivity index (χ3n) is 9.14. The highest BCUT2D eigenvalue weighted by atomic mass is 16.6. The lowest BCUT2D eigenvalue weighted by molar-refractivity contribution is -0.153. The van der Waals surface area contributed by atoms with Gasteiger partial charge in [-0.05, 0) is 127 Å². The first kappa shape index (κ1) is 53.9. The first-order chi connectivity index (χ1) is 30.2. The average Bonchev–Trinajstić information content (AvgIpc) is 3.51. The van der Waals surface area contributed by atoms with Crippen molar-refractivity contribution in [1.29, 1.82) is 0 Å². The largest absolute Gasteiger partial charge is 0.492 e. The van der Waals surface area contributed by atoms with Crippen molar-refractivity contribution in [2.45, 2.75) is 189 Å². The molecule has 0 saturated heterocycles. The van der Waals surface area contributed by atoms with Crippen molar-refractivity contribution in [3.05, 3.63) is 47.8 Å². The predicted octanol–water partition coefficient (Wildman–Crippen LogP) is 8.94. The number of nitrogens with one attached hydrogen (secondary N) is 1. The molecule has 65 heavy (non-hydrogen) atoms. The first-order valence-corrected chi connectivity index (χ1v) is 22.8. The van der Waals surface area contributed by atoms with Gasteiger partial charge >= 0.3 is 24.2 Å². The number of hydrogen-bond donors (Lipinski definition) is 1. The van der Waals surface area contributed by atoms with E-state index in [2.05, 4.69) is 20.3 Å². The topological polar surface area (TPSA) is 194 Å². The highest BCUT2D eigenvalue weighted by Gasteiger charge is 2.33. The maximum Gasteiger partial charge on any atom is 0.434 e. The van der Waals surface area contributed by atoms with Gasteiger partial charge in [0.15, 0.2) is 0 Å². The van der Waals surface area contributed by atoms with Crippen LogP contribution in [0.2, 0.25) is 0 Å². The van der Waals surface area contributed by atoms with Crippen LogP contribution >= 0.6 is 0 Å². The average molecular weight is 910 g/mol. The van der Waals surface area contributed by atoms with E-state index in [-0.39, 0.29) is 25.4 Å². The molecule has 1 N–H and O–H groups in total. The van der Waals surface area contributed by atoms with Crippen molar-refractivity contribution < 1.29 is 47.7 Å². The Kier molecular flexibility index (Phi) is 20.0. The number of unbranched alkanes of at least 4 members (excludes halogenated alkanes) is 6. The molecule has 2 aromatic rings. The number of alkyl carbamates (subject to hydrolysis) is 1. The summed E-state index contributed by atoms with van der Waals surface area (Å²) in [5, 5.41) is 2.81. The number of carbonyl (C=O) groups excluding carboxylic acids is 5. The lowest BCUT2D eigenvalue weighted by atomic mass is 10.0. The molecule has 4 amide bonds. The van der Waals surface area contributed by atoms with Gasteiger partial charge < -0.3 is 38.1 Å². The number of aliphatic imine (C=N–C) groups is 2. The maximum atomic E-state index is 13.3. The lowest BCUT2D eigenvalue weighted by Gasteiger charge is -2.34. The predicted molar refractivity (Wildman–Crippen MR) is 249 cm³/mol. The molecule has 17 nitrogen and oxygen atoms in total. The number of imidazole rings is 1. The van der Waals surface area contributed by atoms with E-state index in [0.29, 0.717) is 54.6 Å². The Labute approximate surface area is 385 Å². The van der Waals surface area contributed by atoms with Crippen molar-refractivity contribution in [2.24, 2.45) is 15.0 Å². The zero-order valence-electron chi connectivity index (χ0n) is 41.2. The van der Waals surface area contributed by atoms with Gasteiger partial charge in [-0.15, -0.1) is 0 Å². The standard InChI is InChI=1S/C48H75N7O10/c1-34(56)50-41-53(26-20-18-16-14-15-17-19-21-36(31-39(57)62-45(2,3)4)51-42(58)63-46(5,6)7)27-28-54(41)29-30-61-38-24-22-35(23-25-38)40-49-32-37(52-43(59)64-47(8,9)10)33-55(40)44(60)65-48(11,12)13/h22-25,27-28,37H,14-21,26,29-33H2,1-13H3,(H,52,59). The number of carbonyl (C=O) groups is 5. The van der Waals surface area contributed by atoms with E-state index in [4.69, 9.17) is 23.7 Å². The number of rotatable bonds is 18. The fourth-order valence-corrected chi connectivity index (χ4v) is 6.61. The summed E-state index contributed by atoms with van der Waals surface area (Å²) in [5.41, 5.74) is -1.02. The number of aromatic nitrogens is 2. The van der Waals surface area contributed by atoms with Crippen molar-refractivity contribution in [3.8, 4) is 5.75 Å². The van der Waals surface area contributed by atoms with Gasteiger partial charge in [0.25, 0.3) is 0 Å². The summed E-state index contributed by atoms with van der Waals surface area (Å²) in [6.45, 7) is 24.7. The molecule has 0 radical (unpaired) electrons. The summed E-state index contributed by atoms with van der Waals surface area (Å²) in [6, 6.07) is 6.78. The minimum Gasteiger partial charge on any atom is -0.492 e. The van der Waals surface area contributed by atoms with Crippen LogP contribution in [0.5, 0.6) is 5.75 Å². The highest BCUT2D eigenvalue weighted by molar-refractivity contribution is 6.07. The Morgan fingerprint density at radius 3 is 1.83 bits per heavy atom. The summed E-state index contributed by atoms with van der Waals surface area (Å²) in [5.74, 6) is 0.321. The molecule has 362 valence electrons. The zero-order valence-corrected chi connectivity index (χ0v) is 41.2. The minimum absolute atomic E-state index is 0.0497. The number of ether oxygens (including phenoxy) is 5.